The fourth-order valence-corrected chi connectivity index (χ4v) is 1.83. The molecule has 0 aromatic carbocycles. The fourth-order valence-electron chi connectivity index (χ4n) is 1.83. The van der Waals surface area contributed by atoms with E-state index in [1.54, 1.807) is 0 Å². The van der Waals surface area contributed by atoms with E-state index in [9.17, 15) is 0 Å². The Hall–Kier alpha value is -1.32. The first-order valence-corrected chi connectivity index (χ1v) is 6.46. The number of nitrogens with one attached hydrogen (secondary N) is 1. The fraction of sp³-hybridized carbons (Fsp3) is 0.692. The number of hydrogen-bond donors (Lipinski definition) is 1. The van der Waals surface area contributed by atoms with Gasteiger partial charge in [-0.1, -0.05) is 13.3 Å². The zero-order valence-electron chi connectivity index (χ0n) is 10.9. The molecule has 0 amide bonds. The molecule has 2 rings (SSSR count). The summed E-state index contributed by atoms with van der Waals surface area (Å²) in [5, 5.41) is 3.06. The highest BCUT2D eigenvalue weighted by atomic mass is 16.5. The molecule has 4 nitrogen and oxygen atoms in total. The van der Waals surface area contributed by atoms with Crippen molar-refractivity contribution in [2.45, 2.75) is 51.6 Å². The molecule has 0 radical (unpaired) electrons. The van der Waals surface area contributed by atoms with Crippen molar-refractivity contribution in [1.82, 2.24) is 9.97 Å². The molecule has 0 spiro atoms. The Kier molecular flexibility index (Phi) is 3.82. The molecule has 1 N–H and O–H groups in total. The molecule has 1 aromatic heterocycles. The summed E-state index contributed by atoms with van der Waals surface area (Å²) in [4.78, 5) is 8.96. The maximum atomic E-state index is 5.82. The molecule has 4 heteroatoms. The zero-order valence-corrected chi connectivity index (χ0v) is 10.9. The number of hydrogen-bond acceptors (Lipinski definition) is 4. The Morgan fingerprint density at radius 1 is 1.47 bits per heavy atom. The van der Waals surface area contributed by atoms with Gasteiger partial charge in [-0.05, 0) is 26.2 Å². The van der Waals surface area contributed by atoms with Crippen LogP contribution in [-0.2, 0) is 0 Å². The molecular formula is C13H21N3O. The van der Waals surface area contributed by atoms with E-state index in [2.05, 4.69) is 29.1 Å². The second-order valence-electron chi connectivity index (χ2n) is 4.69. The van der Waals surface area contributed by atoms with E-state index in [1.807, 2.05) is 13.1 Å². The molecule has 1 aromatic rings. The number of ether oxygens (including phenoxy) is 1. The zero-order chi connectivity index (χ0) is 12.3. The molecule has 0 saturated heterocycles. The second kappa shape index (κ2) is 5.34. The number of aromatic nitrogens is 2. The van der Waals surface area contributed by atoms with Crippen molar-refractivity contribution in [2.24, 2.45) is 0 Å². The lowest BCUT2D eigenvalue weighted by Gasteiger charge is -2.14. The predicted octanol–water partition coefficient (Wildman–Crippen LogP) is 2.96. The van der Waals surface area contributed by atoms with Crippen LogP contribution >= 0.6 is 0 Å². The third-order valence-corrected chi connectivity index (χ3v) is 2.94. The highest BCUT2D eigenvalue weighted by molar-refractivity contribution is 5.38. The standard InChI is InChI=1S/C13H21N3O/c1-4-5-9(2)17-12-8-11(14-3)15-13(16-12)10-6-7-10/h8-10H,4-7H2,1-3H3,(H,14,15,16). The largest absolute Gasteiger partial charge is 0.475 e. The molecule has 1 atom stereocenters. The van der Waals surface area contributed by atoms with Gasteiger partial charge in [-0.3, -0.25) is 0 Å². The molecule has 1 unspecified atom stereocenters. The summed E-state index contributed by atoms with van der Waals surface area (Å²) >= 11 is 0. The first-order chi connectivity index (χ1) is 8.22. The van der Waals surface area contributed by atoms with Gasteiger partial charge in [0, 0.05) is 19.0 Å². The lowest BCUT2D eigenvalue weighted by molar-refractivity contribution is 0.200. The molecule has 1 fully saturated rings. The van der Waals surface area contributed by atoms with E-state index in [0.717, 1.165) is 24.5 Å². The highest BCUT2D eigenvalue weighted by Gasteiger charge is 2.27. The van der Waals surface area contributed by atoms with Crippen LogP contribution in [0.4, 0.5) is 5.82 Å². The van der Waals surface area contributed by atoms with Crippen LogP contribution in [-0.4, -0.2) is 23.1 Å². The van der Waals surface area contributed by atoms with Gasteiger partial charge in [0.05, 0.1) is 6.10 Å². The summed E-state index contributed by atoms with van der Waals surface area (Å²) in [6, 6.07) is 1.87. The third kappa shape index (κ3) is 3.32. The van der Waals surface area contributed by atoms with Crippen molar-refractivity contribution in [2.75, 3.05) is 12.4 Å². The van der Waals surface area contributed by atoms with E-state index in [-0.39, 0.29) is 6.10 Å². The van der Waals surface area contributed by atoms with Gasteiger partial charge in [-0.25, -0.2) is 4.98 Å². The van der Waals surface area contributed by atoms with Crippen molar-refractivity contribution >= 4 is 5.82 Å². The number of anilines is 1. The van der Waals surface area contributed by atoms with E-state index in [4.69, 9.17) is 4.74 Å². The minimum Gasteiger partial charge on any atom is -0.475 e. The first-order valence-electron chi connectivity index (χ1n) is 6.46. The topological polar surface area (TPSA) is 47.0 Å². The Morgan fingerprint density at radius 3 is 2.82 bits per heavy atom. The van der Waals surface area contributed by atoms with Crippen molar-refractivity contribution in [3.63, 3.8) is 0 Å². The van der Waals surface area contributed by atoms with Gasteiger partial charge < -0.3 is 10.1 Å². The van der Waals surface area contributed by atoms with Crippen LogP contribution in [0.3, 0.4) is 0 Å². The van der Waals surface area contributed by atoms with Gasteiger partial charge in [0.2, 0.25) is 5.88 Å². The molecule has 17 heavy (non-hydrogen) atoms. The minimum absolute atomic E-state index is 0.214. The van der Waals surface area contributed by atoms with Gasteiger partial charge in [0.25, 0.3) is 0 Å². The van der Waals surface area contributed by atoms with Crippen molar-refractivity contribution < 1.29 is 4.74 Å². The summed E-state index contributed by atoms with van der Waals surface area (Å²) in [7, 11) is 1.87. The highest BCUT2D eigenvalue weighted by Crippen LogP contribution is 2.39. The monoisotopic (exact) mass is 235 g/mol. The van der Waals surface area contributed by atoms with E-state index >= 15 is 0 Å². The Bertz CT molecular complexity index is 377. The predicted molar refractivity (Wildman–Crippen MR) is 68.6 cm³/mol. The quantitative estimate of drug-likeness (QED) is 0.823. The SMILES string of the molecule is CCCC(C)Oc1cc(NC)nc(C2CC2)n1. The van der Waals surface area contributed by atoms with Gasteiger partial charge in [0.1, 0.15) is 11.6 Å². The van der Waals surface area contributed by atoms with Crippen LogP contribution in [0.2, 0.25) is 0 Å². The smallest absolute Gasteiger partial charge is 0.218 e. The lowest BCUT2D eigenvalue weighted by Crippen LogP contribution is -2.13. The molecule has 0 bridgehead atoms. The molecule has 0 aliphatic heterocycles. The second-order valence-corrected chi connectivity index (χ2v) is 4.69. The number of nitrogens with zero attached hydrogens (tertiary/aromatic N) is 2. The average Bonchev–Trinajstić information content (AvgIpc) is 3.12. The summed E-state index contributed by atoms with van der Waals surface area (Å²) < 4.78 is 5.82. The molecule has 1 aliphatic rings. The summed E-state index contributed by atoms with van der Waals surface area (Å²) in [6.07, 6.45) is 4.80. The van der Waals surface area contributed by atoms with Crippen LogP contribution in [0.1, 0.15) is 51.3 Å². The molecule has 1 heterocycles. The summed E-state index contributed by atoms with van der Waals surface area (Å²) in [5.41, 5.74) is 0. The molecular weight excluding hydrogens is 214 g/mol. The van der Waals surface area contributed by atoms with Gasteiger partial charge >= 0.3 is 0 Å². The maximum Gasteiger partial charge on any atom is 0.218 e. The average molecular weight is 235 g/mol. The van der Waals surface area contributed by atoms with Crippen molar-refractivity contribution in [3.8, 4) is 5.88 Å². The normalized spacial score (nSPS) is 16.6. The third-order valence-electron chi connectivity index (χ3n) is 2.94. The molecule has 1 aliphatic carbocycles. The molecule has 94 valence electrons. The minimum atomic E-state index is 0.214. The van der Waals surface area contributed by atoms with Crippen LogP contribution in [0.15, 0.2) is 6.07 Å². The lowest BCUT2D eigenvalue weighted by atomic mass is 10.2. The van der Waals surface area contributed by atoms with Crippen LogP contribution < -0.4 is 10.1 Å². The van der Waals surface area contributed by atoms with E-state index < -0.39 is 0 Å². The van der Waals surface area contributed by atoms with Gasteiger partial charge in [0.15, 0.2) is 0 Å². The number of rotatable bonds is 6. The van der Waals surface area contributed by atoms with E-state index in [1.165, 1.54) is 12.8 Å². The summed E-state index contributed by atoms with van der Waals surface area (Å²) in [6.45, 7) is 4.25. The van der Waals surface area contributed by atoms with Crippen molar-refractivity contribution in [1.29, 1.82) is 0 Å². The Labute approximate surface area is 103 Å². The van der Waals surface area contributed by atoms with Gasteiger partial charge in [-0.2, -0.15) is 4.98 Å². The van der Waals surface area contributed by atoms with Gasteiger partial charge in [-0.15, -0.1) is 0 Å². The van der Waals surface area contributed by atoms with E-state index in [0.29, 0.717) is 11.8 Å². The summed E-state index contributed by atoms with van der Waals surface area (Å²) in [5.74, 6) is 3.02. The Balaban J connectivity index is 2.11. The maximum absolute atomic E-state index is 5.82. The van der Waals surface area contributed by atoms with Crippen LogP contribution in [0.25, 0.3) is 0 Å². The first kappa shape index (κ1) is 12.1. The van der Waals surface area contributed by atoms with Crippen molar-refractivity contribution in [3.05, 3.63) is 11.9 Å². The molecule has 1 saturated carbocycles. The Morgan fingerprint density at radius 2 is 2.24 bits per heavy atom. The van der Waals surface area contributed by atoms with Crippen LogP contribution in [0.5, 0.6) is 5.88 Å². The van der Waals surface area contributed by atoms with Crippen LogP contribution in [0, 0.1) is 0 Å².